The Morgan fingerprint density at radius 3 is 2.36 bits per heavy atom. The summed E-state index contributed by atoms with van der Waals surface area (Å²) < 4.78 is 5.78. The van der Waals surface area contributed by atoms with Gasteiger partial charge in [0, 0.05) is 0 Å². The Labute approximate surface area is 148 Å². The Morgan fingerprint density at radius 1 is 1.04 bits per heavy atom. The third-order valence-electron chi connectivity index (χ3n) is 4.08. The summed E-state index contributed by atoms with van der Waals surface area (Å²) in [4.78, 5) is 4.44. The molecule has 0 bridgehead atoms. The van der Waals surface area contributed by atoms with E-state index in [0.717, 1.165) is 11.3 Å². The molecule has 0 spiro atoms. The molecule has 0 radical (unpaired) electrons. The minimum absolute atomic E-state index is 0.131. The van der Waals surface area contributed by atoms with Gasteiger partial charge in [-0.25, -0.2) is 4.98 Å². The summed E-state index contributed by atoms with van der Waals surface area (Å²) in [5.74, 6) is 2.02. The lowest BCUT2D eigenvalue weighted by Gasteiger charge is -2.19. The maximum Gasteiger partial charge on any atom is 0.172 e. The van der Waals surface area contributed by atoms with Gasteiger partial charge in [-0.1, -0.05) is 63.2 Å². The van der Waals surface area contributed by atoms with Gasteiger partial charge in [0.2, 0.25) is 0 Å². The van der Waals surface area contributed by atoms with Gasteiger partial charge in [0.05, 0.1) is 6.04 Å². The van der Waals surface area contributed by atoms with Gasteiger partial charge in [-0.05, 0) is 28.7 Å². The third-order valence-corrected chi connectivity index (χ3v) is 4.08. The first kappa shape index (κ1) is 17.2. The highest BCUT2D eigenvalue weighted by molar-refractivity contribution is 5.31. The summed E-state index contributed by atoms with van der Waals surface area (Å²) in [6.45, 7) is 6.89. The van der Waals surface area contributed by atoms with Crippen LogP contribution in [0.2, 0.25) is 0 Å². The monoisotopic (exact) mass is 336 g/mol. The number of rotatable bonds is 5. The van der Waals surface area contributed by atoms with E-state index in [1.807, 2.05) is 42.5 Å². The Bertz CT molecular complexity index is 804. The van der Waals surface area contributed by atoms with Gasteiger partial charge in [-0.15, -0.1) is 0 Å². The van der Waals surface area contributed by atoms with Crippen LogP contribution in [0.5, 0.6) is 5.75 Å². The second-order valence-electron chi connectivity index (χ2n) is 7.09. The molecule has 130 valence electrons. The minimum Gasteiger partial charge on any atom is -0.486 e. The number of nitrogens with two attached hydrogens (primary N) is 1. The number of nitrogens with one attached hydrogen (secondary N) is 1. The number of nitrogens with zero attached hydrogens (tertiary/aromatic N) is 2. The molecule has 0 unspecified atom stereocenters. The molecule has 5 nitrogen and oxygen atoms in total. The fourth-order valence-electron chi connectivity index (χ4n) is 2.53. The fraction of sp³-hybridized carbons (Fsp3) is 0.300. The van der Waals surface area contributed by atoms with Crippen LogP contribution in [-0.4, -0.2) is 15.2 Å². The molecule has 3 N–H and O–H groups in total. The maximum absolute atomic E-state index is 6.21. The van der Waals surface area contributed by atoms with Crippen molar-refractivity contribution in [3.63, 3.8) is 0 Å². The fourth-order valence-corrected chi connectivity index (χ4v) is 2.53. The van der Waals surface area contributed by atoms with Crippen LogP contribution in [0.15, 0.2) is 54.6 Å². The number of benzene rings is 2. The third kappa shape index (κ3) is 4.25. The Morgan fingerprint density at radius 2 is 1.72 bits per heavy atom. The van der Waals surface area contributed by atoms with Crippen molar-refractivity contribution in [3.05, 3.63) is 77.4 Å². The highest BCUT2D eigenvalue weighted by Crippen LogP contribution is 2.24. The smallest absolute Gasteiger partial charge is 0.172 e. The van der Waals surface area contributed by atoms with E-state index in [2.05, 4.69) is 48.1 Å². The predicted octanol–water partition coefficient (Wildman–Crippen LogP) is 3.73. The molecular formula is C20H24N4O. The maximum atomic E-state index is 6.21. The largest absolute Gasteiger partial charge is 0.486 e. The quantitative estimate of drug-likeness (QED) is 0.744. The number of aromatic amines is 1. The first-order valence-electron chi connectivity index (χ1n) is 8.38. The zero-order chi connectivity index (χ0) is 17.9. The van der Waals surface area contributed by atoms with Gasteiger partial charge in [0.25, 0.3) is 0 Å². The molecule has 0 saturated carbocycles. The number of ether oxygens (including phenoxy) is 1. The van der Waals surface area contributed by atoms with E-state index in [4.69, 9.17) is 10.5 Å². The molecule has 3 aromatic rings. The minimum atomic E-state index is -0.350. The molecule has 1 heterocycles. The van der Waals surface area contributed by atoms with Crippen LogP contribution in [0.25, 0.3) is 0 Å². The SMILES string of the molecule is CC(C)(C)c1ccc(OCc2nc([C@H](N)c3ccccc3)n[nH]2)cc1. The zero-order valence-corrected chi connectivity index (χ0v) is 14.9. The summed E-state index contributed by atoms with van der Waals surface area (Å²) in [6.07, 6.45) is 0. The van der Waals surface area contributed by atoms with Crippen molar-refractivity contribution < 1.29 is 4.74 Å². The van der Waals surface area contributed by atoms with Crippen molar-refractivity contribution in [2.24, 2.45) is 5.73 Å². The van der Waals surface area contributed by atoms with Crippen LogP contribution < -0.4 is 10.5 Å². The molecule has 0 amide bonds. The van der Waals surface area contributed by atoms with Crippen LogP contribution >= 0.6 is 0 Å². The van der Waals surface area contributed by atoms with Crippen molar-refractivity contribution >= 4 is 0 Å². The molecule has 25 heavy (non-hydrogen) atoms. The summed E-state index contributed by atoms with van der Waals surface area (Å²) >= 11 is 0. The normalized spacial score (nSPS) is 12.8. The van der Waals surface area contributed by atoms with Crippen LogP contribution in [0, 0.1) is 0 Å². The van der Waals surface area contributed by atoms with E-state index in [1.165, 1.54) is 5.56 Å². The van der Waals surface area contributed by atoms with E-state index >= 15 is 0 Å². The number of H-pyrrole nitrogens is 1. The van der Waals surface area contributed by atoms with Crippen LogP contribution in [-0.2, 0) is 12.0 Å². The molecule has 1 aromatic heterocycles. The van der Waals surface area contributed by atoms with Gasteiger partial charge < -0.3 is 10.5 Å². The lowest BCUT2D eigenvalue weighted by molar-refractivity contribution is 0.296. The average Bonchev–Trinajstić information content (AvgIpc) is 3.09. The highest BCUT2D eigenvalue weighted by Gasteiger charge is 2.15. The molecule has 0 aliphatic heterocycles. The second-order valence-corrected chi connectivity index (χ2v) is 7.09. The van der Waals surface area contributed by atoms with E-state index in [9.17, 15) is 0 Å². The number of hydrogen-bond donors (Lipinski definition) is 2. The Kier molecular flexibility index (Phi) is 4.86. The zero-order valence-electron chi connectivity index (χ0n) is 14.9. The number of hydrogen-bond acceptors (Lipinski definition) is 4. The lowest BCUT2D eigenvalue weighted by Crippen LogP contribution is -2.13. The number of aromatic nitrogens is 3. The van der Waals surface area contributed by atoms with Crippen molar-refractivity contribution in [3.8, 4) is 5.75 Å². The summed E-state index contributed by atoms with van der Waals surface area (Å²) in [6, 6.07) is 17.6. The molecular weight excluding hydrogens is 312 g/mol. The van der Waals surface area contributed by atoms with Gasteiger partial charge in [-0.2, -0.15) is 5.10 Å². The predicted molar refractivity (Wildman–Crippen MR) is 98.3 cm³/mol. The molecule has 0 fully saturated rings. The van der Waals surface area contributed by atoms with Crippen LogP contribution in [0.4, 0.5) is 0 Å². The lowest BCUT2D eigenvalue weighted by atomic mass is 9.87. The van der Waals surface area contributed by atoms with Crippen LogP contribution in [0.1, 0.15) is 49.6 Å². The van der Waals surface area contributed by atoms with Gasteiger partial charge in [0.15, 0.2) is 11.6 Å². The topological polar surface area (TPSA) is 76.8 Å². The van der Waals surface area contributed by atoms with E-state index < -0.39 is 0 Å². The summed E-state index contributed by atoms with van der Waals surface area (Å²) in [7, 11) is 0. The molecule has 5 heteroatoms. The summed E-state index contributed by atoms with van der Waals surface area (Å²) in [5, 5.41) is 7.11. The molecule has 0 aliphatic rings. The van der Waals surface area contributed by atoms with E-state index in [1.54, 1.807) is 0 Å². The van der Waals surface area contributed by atoms with E-state index in [-0.39, 0.29) is 11.5 Å². The van der Waals surface area contributed by atoms with Crippen molar-refractivity contribution in [2.45, 2.75) is 38.8 Å². The molecule has 2 aromatic carbocycles. The molecule has 0 aliphatic carbocycles. The molecule has 1 atom stereocenters. The van der Waals surface area contributed by atoms with Gasteiger partial charge >= 0.3 is 0 Å². The van der Waals surface area contributed by atoms with Gasteiger partial charge in [0.1, 0.15) is 12.4 Å². The summed E-state index contributed by atoms with van der Waals surface area (Å²) in [5.41, 5.74) is 8.59. The highest BCUT2D eigenvalue weighted by atomic mass is 16.5. The van der Waals surface area contributed by atoms with Gasteiger partial charge in [-0.3, -0.25) is 5.10 Å². The Hall–Kier alpha value is -2.66. The van der Waals surface area contributed by atoms with E-state index in [0.29, 0.717) is 18.3 Å². The van der Waals surface area contributed by atoms with Crippen LogP contribution in [0.3, 0.4) is 0 Å². The van der Waals surface area contributed by atoms with Crippen molar-refractivity contribution in [1.29, 1.82) is 0 Å². The Balaban J connectivity index is 1.62. The average molecular weight is 336 g/mol. The standard InChI is InChI=1S/C20H24N4O/c1-20(2,3)15-9-11-16(12-10-15)25-13-17-22-19(24-23-17)18(21)14-7-5-4-6-8-14/h4-12,18H,13,21H2,1-3H3,(H,22,23,24)/t18-/m1/s1. The first-order chi connectivity index (χ1) is 11.9. The molecule has 0 saturated heterocycles. The second kappa shape index (κ2) is 7.07. The first-order valence-corrected chi connectivity index (χ1v) is 8.38. The molecule has 3 rings (SSSR count). The van der Waals surface area contributed by atoms with Crippen molar-refractivity contribution in [1.82, 2.24) is 15.2 Å². The van der Waals surface area contributed by atoms with Crippen molar-refractivity contribution in [2.75, 3.05) is 0 Å².